The van der Waals surface area contributed by atoms with Crippen LogP contribution in [0.15, 0.2) is 23.1 Å². The predicted octanol–water partition coefficient (Wildman–Crippen LogP) is 4.12. The molecular formula is C23H25F3N2O3. The Bertz CT molecular complexity index is 1260. The van der Waals surface area contributed by atoms with Crippen LogP contribution >= 0.6 is 0 Å². The molecule has 0 aromatic carbocycles. The number of hydrogen-bond donors (Lipinski definition) is 1. The Morgan fingerprint density at radius 2 is 2.10 bits per heavy atom. The zero-order valence-electron chi connectivity index (χ0n) is 17.7. The van der Waals surface area contributed by atoms with Crippen molar-refractivity contribution in [3.05, 3.63) is 50.7 Å². The molecule has 1 N–H and O–H groups in total. The second-order valence-corrected chi connectivity index (χ2v) is 8.48. The third-order valence-electron chi connectivity index (χ3n) is 6.15. The van der Waals surface area contributed by atoms with Gasteiger partial charge in [0.25, 0.3) is 5.56 Å². The predicted molar refractivity (Wildman–Crippen MR) is 112 cm³/mol. The van der Waals surface area contributed by atoms with Gasteiger partial charge < -0.3 is 5.11 Å². The largest absolute Gasteiger partial charge is 0.523 e. The second kappa shape index (κ2) is 7.60. The van der Waals surface area contributed by atoms with Crippen LogP contribution in [0.25, 0.3) is 22.5 Å². The van der Waals surface area contributed by atoms with Crippen LogP contribution < -0.4 is 10.9 Å². The molecule has 0 spiro atoms. The monoisotopic (exact) mass is 434 g/mol. The molecule has 3 aromatic rings. The van der Waals surface area contributed by atoms with Crippen molar-refractivity contribution in [1.82, 2.24) is 9.38 Å². The van der Waals surface area contributed by atoms with E-state index in [0.29, 0.717) is 51.3 Å². The van der Waals surface area contributed by atoms with E-state index in [9.17, 15) is 23.1 Å². The average molecular weight is 434 g/mol. The van der Waals surface area contributed by atoms with E-state index >= 15 is 0 Å². The summed E-state index contributed by atoms with van der Waals surface area (Å²) in [5.41, 5.74) is 1.25. The van der Waals surface area contributed by atoms with Crippen molar-refractivity contribution < 1.29 is 23.0 Å². The molecule has 8 heteroatoms. The van der Waals surface area contributed by atoms with E-state index in [-0.39, 0.29) is 18.4 Å². The van der Waals surface area contributed by atoms with Gasteiger partial charge in [0.05, 0.1) is 28.1 Å². The molecule has 3 heterocycles. The summed E-state index contributed by atoms with van der Waals surface area (Å²) in [7, 11) is 0. The number of hydrogen-bond acceptors (Lipinski definition) is 4. The minimum atomic E-state index is -4.71. The van der Waals surface area contributed by atoms with Gasteiger partial charge in [-0.3, -0.25) is 13.9 Å². The number of aliphatic hydroxyl groups is 1. The number of ether oxygens (including phenoxy) is 1. The van der Waals surface area contributed by atoms with Crippen molar-refractivity contribution >= 4 is 22.5 Å². The molecule has 0 bridgehead atoms. The second-order valence-electron chi connectivity index (χ2n) is 8.48. The van der Waals surface area contributed by atoms with Gasteiger partial charge in [-0.05, 0) is 49.9 Å². The number of aromatic nitrogens is 2. The Morgan fingerprint density at radius 3 is 2.74 bits per heavy atom. The van der Waals surface area contributed by atoms with Crippen molar-refractivity contribution in [2.75, 3.05) is 0 Å². The number of aliphatic hydroxyl groups excluding tert-OH is 1. The smallest absolute Gasteiger partial charge is 0.389 e. The Hall–Kier alpha value is -2.45. The van der Waals surface area contributed by atoms with Gasteiger partial charge in [-0.15, -0.1) is 13.2 Å². The number of halogens is 3. The van der Waals surface area contributed by atoms with Crippen LogP contribution in [0.1, 0.15) is 62.3 Å². The van der Waals surface area contributed by atoms with Crippen LogP contribution in [0.5, 0.6) is 0 Å². The minimum absolute atomic E-state index is 0.107. The van der Waals surface area contributed by atoms with E-state index in [1.807, 2.05) is 6.92 Å². The lowest BCUT2D eigenvalue weighted by molar-refractivity contribution is -0.367. The molecule has 0 radical (unpaired) electrons. The van der Waals surface area contributed by atoms with Gasteiger partial charge in [-0.1, -0.05) is 25.8 Å². The zero-order chi connectivity index (χ0) is 22.6. The summed E-state index contributed by atoms with van der Waals surface area (Å²) in [5.74, 6) is 0. The van der Waals surface area contributed by atoms with Gasteiger partial charge in [0.2, 0.25) is 0 Å². The summed E-state index contributed by atoms with van der Waals surface area (Å²) >= 11 is 0. The fraction of sp³-hybridized carbons (Fsp3) is 0.478. The molecule has 0 fully saturated rings. The first-order valence-corrected chi connectivity index (χ1v) is 10.5. The molecule has 31 heavy (non-hydrogen) atoms. The summed E-state index contributed by atoms with van der Waals surface area (Å²) < 4.78 is 45.6. The Morgan fingerprint density at radius 1 is 1.35 bits per heavy atom. The van der Waals surface area contributed by atoms with Crippen molar-refractivity contribution in [3.8, 4) is 0 Å². The van der Waals surface area contributed by atoms with E-state index in [1.165, 1.54) is 4.40 Å². The molecule has 1 aliphatic carbocycles. The van der Waals surface area contributed by atoms with Crippen molar-refractivity contribution in [2.45, 2.75) is 70.9 Å². The van der Waals surface area contributed by atoms with E-state index < -0.39 is 18.1 Å². The molecule has 0 aliphatic heterocycles. The number of pyridine rings is 2. The molecule has 2 atom stereocenters. The standard InChI is InChI=1S/C23H25F3N2O3/c1-4-5-7-22(31-23(24,25)26)8-6-18-15(11-22)9-16-12-28-19(20(16)27-18)10-17(14(3)29)13(2)21(28)30/h6,9-10,12,14,29H,4-5,7-8,11H2,1-3H3. The maximum absolute atomic E-state index is 13.2. The quantitative estimate of drug-likeness (QED) is 0.656. The number of alkyl halides is 3. The molecular weight excluding hydrogens is 409 g/mol. The summed E-state index contributed by atoms with van der Waals surface area (Å²) in [4.78, 5) is 17.5. The van der Waals surface area contributed by atoms with E-state index in [2.05, 4.69) is 9.72 Å². The molecule has 166 valence electrons. The lowest BCUT2D eigenvalue weighted by Crippen LogP contribution is -2.44. The number of fused-ring (bicyclic) bond motifs is 4. The van der Waals surface area contributed by atoms with Gasteiger partial charge in [0, 0.05) is 23.6 Å². The van der Waals surface area contributed by atoms with Crippen molar-refractivity contribution in [3.63, 3.8) is 0 Å². The minimum Gasteiger partial charge on any atom is -0.389 e. The summed E-state index contributed by atoms with van der Waals surface area (Å²) in [6.07, 6.45) is -0.224. The molecule has 0 amide bonds. The first kappa shape index (κ1) is 21.8. The molecule has 0 saturated heterocycles. The normalized spacial score (nSPS) is 20.1. The fourth-order valence-electron chi connectivity index (χ4n) is 4.60. The Labute approximate surface area is 177 Å². The average Bonchev–Trinajstić information content (AvgIpc) is 3.03. The third-order valence-corrected chi connectivity index (χ3v) is 6.15. The van der Waals surface area contributed by atoms with Crippen molar-refractivity contribution in [1.29, 1.82) is 0 Å². The fourth-order valence-corrected chi connectivity index (χ4v) is 4.60. The highest BCUT2D eigenvalue weighted by molar-refractivity contribution is 5.94. The molecule has 3 aromatic heterocycles. The van der Waals surface area contributed by atoms with Crippen LogP contribution in [0.2, 0.25) is 0 Å². The van der Waals surface area contributed by atoms with E-state index in [1.54, 1.807) is 38.3 Å². The lowest BCUT2D eigenvalue weighted by Gasteiger charge is -2.36. The van der Waals surface area contributed by atoms with Gasteiger partial charge in [0.15, 0.2) is 0 Å². The first-order valence-electron chi connectivity index (χ1n) is 10.5. The molecule has 2 unspecified atom stereocenters. The highest BCUT2D eigenvalue weighted by Gasteiger charge is 2.44. The molecule has 4 rings (SSSR count). The maximum atomic E-state index is 13.2. The Balaban J connectivity index is 1.87. The van der Waals surface area contributed by atoms with E-state index in [0.717, 1.165) is 6.42 Å². The van der Waals surface area contributed by atoms with E-state index in [4.69, 9.17) is 0 Å². The number of rotatable bonds is 5. The third kappa shape index (κ3) is 3.94. The van der Waals surface area contributed by atoms with Crippen LogP contribution in [0, 0.1) is 6.92 Å². The topological polar surface area (TPSA) is 63.8 Å². The number of unbranched alkanes of at least 4 members (excludes halogenated alkanes) is 1. The van der Waals surface area contributed by atoms with Crippen LogP contribution in [0.4, 0.5) is 13.2 Å². The van der Waals surface area contributed by atoms with Gasteiger partial charge >= 0.3 is 6.36 Å². The van der Waals surface area contributed by atoms with Gasteiger partial charge in [0.1, 0.15) is 0 Å². The van der Waals surface area contributed by atoms with Crippen LogP contribution in [-0.2, 0) is 11.2 Å². The van der Waals surface area contributed by atoms with Crippen molar-refractivity contribution in [2.24, 2.45) is 0 Å². The maximum Gasteiger partial charge on any atom is 0.523 e. The summed E-state index contributed by atoms with van der Waals surface area (Å²) in [6.45, 7) is 5.20. The molecule has 0 saturated carbocycles. The van der Waals surface area contributed by atoms with Gasteiger partial charge in [-0.25, -0.2) is 4.98 Å². The number of nitrogens with zero attached hydrogens (tertiary/aromatic N) is 2. The van der Waals surface area contributed by atoms with Gasteiger partial charge in [-0.2, -0.15) is 0 Å². The molecule has 1 aliphatic rings. The highest BCUT2D eigenvalue weighted by Crippen LogP contribution is 2.37. The SMILES string of the molecule is CCCCC1(OC(F)(F)F)CC=c2nc3c(cc2C1)cn1c(=O)c(C)c(C(C)O)cc31. The summed E-state index contributed by atoms with van der Waals surface area (Å²) in [6, 6.07) is 3.56. The zero-order valence-corrected chi connectivity index (χ0v) is 17.7. The molecule has 5 nitrogen and oxygen atoms in total. The lowest BCUT2D eigenvalue weighted by atomic mass is 9.82. The first-order chi connectivity index (χ1) is 14.5. The van der Waals surface area contributed by atoms with Crippen LogP contribution in [0.3, 0.4) is 0 Å². The van der Waals surface area contributed by atoms with Crippen LogP contribution in [-0.4, -0.2) is 26.5 Å². The highest BCUT2D eigenvalue weighted by atomic mass is 19.4. The summed E-state index contributed by atoms with van der Waals surface area (Å²) in [5, 5.41) is 11.3. The Kier molecular flexibility index (Phi) is 5.34.